The van der Waals surface area contributed by atoms with Crippen LogP contribution < -0.4 is 10.9 Å². The third-order valence-corrected chi connectivity index (χ3v) is 3.98. The molecule has 0 aliphatic rings. The molecule has 0 bridgehead atoms. The van der Waals surface area contributed by atoms with Gasteiger partial charge in [-0.25, -0.2) is 4.98 Å². The van der Waals surface area contributed by atoms with Crippen LogP contribution >= 0.6 is 11.6 Å². The lowest BCUT2D eigenvalue weighted by molar-refractivity contribution is -0.137. The highest BCUT2D eigenvalue weighted by atomic mass is 35.5. The summed E-state index contributed by atoms with van der Waals surface area (Å²) in [6, 6.07) is 5.85. The van der Waals surface area contributed by atoms with Crippen LogP contribution in [0.4, 0.5) is 18.9 Å². The molecule has 0 radical (unpaired) electrons. The number of hydrogen-bond donors (Lipinski definition) is 1. The predicted molar refractivity (Wildman–Crippen MR) is 90.6 cm³/mol. The SMILES string of the molecule is Cc1ccn2c(=O)c(C(=O)Nc3cc(C(F)(F)F)ccc3Cl)cnc2c1. The van der Waals surface area contributed by atoms with Crippen LogP contribution in [0.5, 0.6) is 0 Å². The molecule has 134 valence electrons. The second-order valence-electron chi connectivity index (χ2n) is 5.56. The van der Waals surface area contributed by atoms with Gasteiger partial charge in [-0.2, -0.15) is 13.2 Å². The van der Waals surface area contributed by atoms with E-state index in [0.717, 1.165) is 23.9 Å². The topological polar surface area (TPSA) is 63.5 Å². The first-order valence-corrected chi connectivity index (χ1v) is 7.71. The van der Waals surface area contributed by atoms with E-state index in [1.165, 1.54) is 10.6 Å². The van der Waals surface area contributed by atoms with Gasteiger partial charge in [0.25, 0.3) is 11.5 Å². The zero-order chi connectivity index (χ0) is 19.1. The van der Waals surface area contributed by atoms with Crippen molar-refractivity contribution >= 4 is 28.8 Å². The zero-order valence-corrected chi connectivity index (χ0v) is 14.0. The van der Waals surface area contributed by atoms with Crippen molar-refractivity contribution in [2.75, 3.05) is 5.32 Å². The largest absolute Gasteiger partial charge is 0.416 e. The molecule has 9 heteroatoms. The van der Waals surface area contributed by atoms with Crippen LogP contribution in [0, 0.1) is 6.92 Å². The van der Waals surface area contributed by atoms with Gasteiger partial charge in [0.05, 0.1) is 16.3 Å². The molecule has 26 heavy (non-hydrogen) atoms. The molecule has 0 unspecified atom stereocenters. The molecule has 1 aromatic carbocycles. The summed E-state index contributed by atoms with van der Waals surface area (Å²) in [6.45, 7) is 1.82. The standard InChI is InChI=1S/C17H11ClF3N3O2/c1-9-4-5-24-14(6-9)22-8-11(16(24)26)15(25)23-13-7-10(17(19,20)21)2-3-12(13)18/h2-8H,1H3,(H,23,25). The number of alkyl halides is 3. The second-order valence-corrected chi connectivity index (χ2v) is 5.96. The van der Waals surface area contributed by atoms with Gasteiger partial charge in [-0.15, -0.1) is 0 Å². The summed E-state index contributed by atoms with van der Waals surface area (Å²) in [6.07, 6.45) is -2.05. The Labute approximate surface area is 150 Å². The third kappa shape index (κ3) is 3.41. The molecule has 1 N–H and O–H groups in total. The van der Waals surface area contributed by atoms with Crippen LogP contribution in [-0.4, -0.2) is 15.3 Å². The van der Waals surface area contributed by atoms with Gasteiger partial charge in [-0.05, 0) is 42.8 Å². The van der Waals surface area contributed by atoms with E-state index < -0.39 is 23.2 Å². The van der Waals surface area contributed by atoms with Gasteiger partial charge in [-0.1, -0.05) is 11.6 Å². The normalized spacial score (nSPS) is 11.6. The molecule has 0 spiro atoms. The summed E-state index contributed by atoms with van der Waals surface area (Å²) >= 11 is 5.85. The lowest BCUT2D eigenvalue weighted by atomic mass is 10.2. The number of rotatable bonds is 2. The number of halogens is 4. The molecule has 0 aliphatic heterocycles. The van der Waals surface area contributed by atoms with E-state index in [1.54, 1.807) is 12.1 Å². The van der Waals surface area contributed by atoms with Crippen molar-refractivity contribution in [2.45, 2.75) is 13.1 Å². The van der Waals surface area contributed by atoms with Gasteiger partial charge >= 0.3 is 6.18 Å². The fraction of sp³-hybridized carbons (Fsp3) is 0.118. The van der Waals surface area contributed by atoms with E-state index in [1.807, 2.05) is 6.92 Å². The molecular formula is C17H11ClF3N3O2. The maximum absolute atomic E-state index is 12.8. The van der Waals surface area contributed by atoms with Crippen LogP contribution in [0.15, 0.2) is 47.5 Å². The van der Waals surface area contributed by atoms with Crippen LogP contribution in [0.25, 0.3) is 5.65 Å². The van der Waals surface area contributed by atoms with Crippen molar-refractivity contribution in [3.05, 3.63) is 74.8 Å². The number of aromatic nitrogens is 2. The average Bonchev–Trinajstić information content (AvgIpc) is 2.55. The summed E-state index contributed by atoms with van der Waals surface area (Å²) in [5, 5.41) is 2.14. The van der Waals surface area contributed by atoms with Crippen molar-refractivity contribution < 1.29 is 18.0 Å². The Balaban J connectivity index is 1.99. The average molecular weight is 382 g/mol. The Morgan fingerprint density at radius 2 is 1.96 bits per heavy atom. The van der Waals surface area contributed by atoms with E-state index in [-0.39, 0.29) is 16.3 Å². The Hall–Kier alpha value is -2.87. The van der Waals surface area contributed by atoms with E-state index in [2.05, 4.69) is 10.3 Å². The van der Waals surface area contributed by atoms with Gasteiger partial charge in [0.2, 0.25) is 0 Å². The first-order chi connectivity index (χ1) is 12.2. The number of nitrogens with one attached hydrogen (secondary N) is 1. The minimum Gasteiger partial charge on any atom is -0.320 e. The maximum atomic E-state index is 12.8. The van der Waals surface area contributed by atoms with Crippen molar-refractivity contribution in [1.82, 2.24) is 9.38 Å². The molecule has 3 rings (SSSR count). The number of pyridine rings is 1. The maximum Gasteiger partial charge on any atom is 0.416 e. The molecule has 1 amide bonds. The van der Waals surface area contributed by atoms with Crippen molar-refractivity contribution in [1.29, 1.82) is 0 Å². The molecule has 0 atom stereocenters. The minimum absolute atomic E-state index is 0.0872. The zero-order valence-electron chi connectivity index (χ0n) is 13.3. The molecule has 0 saturated carbocycles. The second kappa shape index (κ2) is 6.45. The van der Waals surface area contributed by atoms with E-state index in [0.29, 0.717) is 11.7 Å². The lowest BCUT2D eigenvalue weighted by Crippen LogP contribution is -2.26. The smallest absolute Gasteiger partial charge is 0.320 e. The molecule has 2 aromatic heterocycles. The number of anilines is 1. The van der Waals surface area contributed by atoms with Crippen molar-refractivity contribution in [3.8, 4) is 0 Å². The highest BCUT2D eigenvalue weighted by Crippen LogP contribution is 2.33. The van der Waals surface area contributed by atoms with Crippen molar-refractivity contribution in [2.24, 2.45) is 0 Å². The van der Waals surface area contributed by atoms with Gasteiger partial charge in [0, 0.05) is 12.4 Å². The van der Waals surface area contributed by atoms with Crippen LogP contribution in [0.1, 0.15) is 21.5 Å². The first kappa shape index (κ1) is 17.9. The van der Waals surface area contributed by atoms with E-state index in [9.17, 15) is 22.8 Å². The Morgan fingerprint density at radius 3 is 2.65 bits per heavy atom. The van der Waals surface area contributed by atoms with E-state index in [4.69, 9.17) is 11.6 Å². The quantitative estimate of drug-likeness (QED) is 0.731. The fourth-order valence-corrected chi connectivity index (χ4v) is 2.48. The number of hydrogen-bond acceptors (Lipinski definition) is 3. The summed E-state index contributed by atoms with van der Waals surface area (Å²) in [5.74, 6) is -0.904. The van der Waals surface area contributed by atoms with E-state index >= 15 is 0 Å². The molecule has 5 nitrogen and oxygen atoms in total. The number of carbonyl (C=O) groups is 1. The summed E-state index contributed by atoms with van der Waals surface area (Å²) in [7, 11) is 0. The fourth-order valence-electron chi connectivity index (χ4n) is 2.32. The molecule has 0 aliphatic carbocycles. The monoisotopic (exact) mass is 381 g/mol. The molecule has 0 saturated heterocycles. The predicted octanol–water partition coefficient (Wildman–Crippen LogP) is 3.93. The minimum atomic E-state index is -4.59. The van der Waals surface area contributed by atoms with Crippen LogP contribution in [0.2, 0.25) is 5.02 Å². The van der Waals surface area contributed by atoms with Crippen molar-refractivity contribution in [3.63, 3.8) is 0 Å². The lowest BCUT2D eigenvalue weighted by Gasteiger charge is -2.11. The first-order valence-electron chi connectivity index (χ1n) is 7.33. The number of amides is 1. The molecule has 0 fully saturated rings. The number of nitrogens with zero attached hydrogens (tertiary/aromatic N) is 2. The number of fused-ring (bicyclic) bond motifs is 1. The summed E-state index contributed by atoms with van der Waals surface area (Å²) in [4.78, 5) is 28.8. The summed E-state index contributed by atoms with van der Waals surface area (Å²) < 4.78 is 39.6. The van der Waals surface area contributed by atoms with Gasteiger partial charge in [0.1, 0.15) is 11.2 Å². The Morgan fingerprint density at radius 1 is 1.23 bits per heavy atom. The number of benzene rings is 1. The molecular weight excluding hydrogens is 371 g/mol. The highest BCUT2D eigenvalue weighted by molar-refractivity contribution is 6.34. The highest BCUT2D eigenvalue weighted by Gasteiger charge is 2.31. The van der Waals surface area contributed by atoms with Crippen LogP contribution in [0.3, 0.4) is 0 Å². The molecule has 3 aromatic rings. The summed E-state index contributed by atoms with van der Waals surface area (Å²) in [5.41, 5.74) is -0.954. The van der Waals surface area contributed by atoms with Crippen LogP contribution in [-0.2, 0) is 6.18 Å². The number of aryl methyl sites for hydroxylation is 1. The Kier molecular flexibility index (Phi) is 4.45. The van der Waals surface area contributed by atoms with Gasteiger partial charge in [-0.3, -0.25) is 14.0 Å². The third-order valence-electron chi connectivity index (χ3n) is 3.65. The number of carbonyl (C=O) groups excluding carboxylic acids is 1. The van der Waals surface area contributed by atoms with Gasteiger partial charge in [0.15, 0.2) is 0 Å². The Bertz CT molecular complexity index is 1080. The molecule has 2 heterocycles. The van der Waals surface area contributed by atoms with Gasteiger partial charge < -0.3 is 5.32 Å².